The minimum atomic E-state index is -0.385. The zero-order valence-electron chi connectivity index (χ0n) is 13.3. The molecule has 1 aromatic rings. The van der Waals surface area contributed by atoms with Crippen molar-refractivity contribution in [3.8, 4) is 0 Å². The van der Waals surface area contributed by atoms with Crippen LogP contribution in [0.25, 0.3) is 0 Å². The third-order valence-corrected chi connectivity index (χ3v) is 5.35. The van der Waals surface area contributed by atoms with Crippen LogP contribution >= 0.6 is 0 Å². The van der Waals surface area contributed by atoms with Crippen LogP contribution in [0.1, 0.15) is 43.7 Å². The smallest absolute Gasteiger partial charge is 0.223 e. The number of likely N-dealkylation sites (tertiary alicyclic amines) is 1. The van der Waals surface area contributed by atoms with E-state index in [1.165, 1.54) is 12.8 Å². The van der Waals surface area contributed by atoms with Gasteiger partial charge in [0.15, 0.2) is 5.82 Å². The predicted octanol–water partition coefficient (Wildman–Crippen LogP) is 2.14. The highest BCUT2D eigenvalue weighted by atomic mass is 19.1. The molecule has 3 heterocycles. The summed E-state index contributed by atoms with van der Waals surface area (Å²) in [6, 6.07) is 4.43. The third kappa shape index (κ3) is 3.03. The highest BCUT2D eigenvalue weighted by molar-refractivity contribution is 5.79. The molecule has 1 aromatic heterocycles. The van der Waals surface area contributed by atoms with Crippen molar-refractivity contribution in [2.24, 2.45) is 5.92 Å². The van der Waals surface area contributed by atoms with Crippen LogP contribution in [-0.4, -0.2) is 53.4 Å². The second-order valence-corrected chi connectivity index (χ2v) is 7.08. The molecule has 4 rings (SSSR count). The van der Waals surface area contributed by atoms with Crippen molar-refractivity contribution in [1.82, 2.24) is 15.1 Å². The maximum atomic E-state index is 12.8. The van der Waals surface area contributed by atoms with Gasteiger partial charge in [-0.15, -0.1) is 5.10 Å². The van der Waals surface area contributed by atoms with Crippen LogP contribution in [-0.2, 0) is 4.79 Å². The first-order valence-electron chi connectivity index (χ1n) is 8.68. The van der Waals surface area contributed by atoms with Crippen molar-refractivity contribution in [2.45, 2.75) is 44.1 Å². The first-order valence-corrected chi connectivity index (χ1v) is 8.68. The van der Waals surface area contributed by atoms with Crippen molar-refractivity contribution < 1.29 is 9.18 Å². The van der Waals surface area contributed by atoms with Gasteiger partial charge in [-0.1, -0.05) is 0 Å². The minimum Gasteiger partial charge on any atom is -0.355 e. The van der Waals surface area contributed by atoms with E-state index in [1.807, 2.05) is 4.90 Å². The molecule has 5 nitrogen and oxygen atoms in total. The van der Waals surface area contributed by atoms with Crippen LogP contribution in [0.3, 0.4) is 0 Å². The number of carbonyl (C=O) groups is 1. The molecule has 0 bridgehead atoms. The molecule has 6 heteroatoms. The molecule has 1 aliphatic carbocycles. The summed E-state index contributed by atoms with van der Waals surface area (Å²) in [5, 5.41) is 8.72. The Morgan fingerprint density at radius 3 is 2.48 bits per heavy atom. The monoisotopic (exact) mass is 318 g/mol. The Morgan fingerprint density at radius 2 is 1.91 bits per heavy atom. The highest BCUT2D eigenvalue weighted by Gasteiger charge is 2.36. The van der Waals surface area contributed by atoms with Gasteiger partial charge in [-0.05, 0) is 37.8 Å². The van der Waals surface area contributed by atoms with E-state index in [-0.39, 0.29) is 24.5 Å². The van der Waals surface area contributed by atoms with Gasteiger partial charge in [0.25, 0.3) is 0 Å². The Bertz CT molecular complexity index is 566. The fourth-order valence-electron chi connectivity index (χ4n) is 3.77. The first-order chi connectivity index (χ1) is 11.2. The second kappa shape index (κ2) is 6.06. The zero-order valence-corrected chi connectivity index (χ0v) is 13.3. The molecule has 23 heavy (non-hydrogen) atoms. The molecule has 1 amide bonds. The normalized spacial score (nSPS) is 26.1. The highest BCUT2D eigenvalue weighted by Crippen LogP contribution is 2.38. The maximum absolute atomic E-state index is 12.8. The molecular weight excluding hydrogens is 295 g/mol. The number of anilines is 1. The molecule has 0 radical (unpaired) electrons. The Balaban J connectivity index is 1.34. The van der Waals surface area contributed by atoms with Gasteiger partial charge in [-0.3, -0.25) is 9.18 Å². The average molecular weight is 318 g/mol. The van der Waals surface area contributed by atoms with Gasteiger partial charge < -0.3 is 9.80 Å². The topological polar surface area (TPSA) is 49.3 Å². The lowest BCUT2D eigenvalue weighted by atomic mass is 10.0. The zero-order chi connectivity index (χ0) is 15.8. The quantitative estimate of drug-likeness (QED) is 0.853. The van der Waals surface area contributed by atoms with Gasteiger partial charge in [0.2, 0.25) is 5.91 Å². The summed E-state index contributed by atoms with van der Waals surface area (Å²) in [4.78, 5) is 16.2. The number of nitrogens with zero attached hydrogens (tertiary/aromatic N) is 4. The third-order valence-electron chi connectivity index (χ3n) is 5.35. The van der Waals surface area contributed by atoms with Crippen molar-refractivity contribution in [1.29, 1.82) is 0 Å². The van der Waals surface area contributed by atoms with Gasteiger partial charge >= 0.3 is 0 Å². The summed E-state index contributed by atoms with van der Waals surface area (Å²) in [6.45, 7) is 1.97. The molecule has 2 aliphatic heterocycles. The van der Waals surface area contributed by atoms with Crippen LogP contribution < -0.4 is 4.90 Å². The van der Waals surface area contributed by atoms with E-state index in [1.54, 1.807) is 0 Å². The predicted molar refractivity (Wildman–Crippen MR) is 85.0 cm³/mol. The standard InChI is InChI=1S/C17H23FN4O/c18-10-12-9-17(23)22(11-12)14-5-7-21(8-6-14)16-4-3-15(19-20-16)13-1-2-13/h3-4,12-14H,1-2,5-11H2. The molecule has 0 spiro atoms. The number of halogens is 1. The Morgan fingerprint density at radius 1 is 1.13 bits per heavy atom. The number of hydrogen-bond donors (Lipinski definition) is 0. The van der Waals surface area contributed by atoms with E-state index < -0.39 is 0 Å². The Labute approximate surface area is 135 Å². The maximum Gasteiger partial charge on any atom is 0.223 e. The molecule has 3 fully saturated rings. The van der Waals surface area contributed by atoms with Crippen LogP contribution in [0, 0.1) is 5.92 Å². The summed E-state index contributed by atoms with van der Waals surface area (Å²) in [6.07, 6.45) is 4.71. The van der Waals surface area contributed by atoms with Gasteiger partial charge in [-0.2, -0.15) is 5.10 Å². The van der Waals surface area contributed by atoms with Crippen molar-refractivity contribution in [3.63, 3.8) is 0 Å². The summed E-state index contributed by atoms with van der Waals surface area (Å²) in [5.41, 5.74) is 1.11. The number of carbonyl (C=O) groups excluding carboxylic acids is 1. The lowest BCUT2D eigenvalue weighted by molar-refractivity contribution is -0.130. The summed E-state index contributed by atoms with van der Waals surface area (Å²) < 4.78 is 12.8. The van der Waals surface area contributed by atoms with Crippen molar-refractivity contribution in [2.75, 3.05) is 31.2 Å². The van der Waals surface area contributed by atoms with E-state index in [2.05, 4.69) is 27.2 Å². The van der Waals surface area contributed by atoms with Gasteiger partial charge in [0.1, 0.15) is 0 Å². The molecule has 1 unspecified atom stereocenters. The Hall–Kier alpha value is -1.72. The molecule has 124 valence electrons. The molecule has 0 aromatic carbocycles. The van der Waals surface area contributed by atoms with Crippen LogP contribution in [0.4, 0.5) is 10.2 Å². The van der Waals surface area contributed by atoms with Gasteiger partial charge in [-0.25, -0.2) is 0 Å². The van der Waals surface area contributed by atoms with Gasteiger partial charge in [0, 0.05) is 43.9 Å². The Kier molecular flexibility index (Phi) is 3.91. The summed E-state index contributed by atoms with van der Waals surface area (Å²) in [5.74, 6) is 1.59. The van der Waals surface area contributed by atoms with Crippen LogP contribution in [0.15, 0.2) is 12.1 Å². The average Bonchev–Trinajstić information content (AvgIpc) is 3.38. The first kappa shape index (κ1) is 14.8. The molecule has 0 N–H and O–H groups in total. The van der Waals surface area contributed by atoms with E-state index in [9.17, 15) is 9.18 Å². The molecular formula is C17H23FN4O. The lowest BCUT2D eigenvalue weighted by Gasteiger charge is -2.37. The molecule has 3 aliphatic rings. The SMILES string of the molecule is O=C1CC(CF)CN1C1CCN(c2ccc(C3CC3)nn2)CC1. The lowest BCUT2D eigenvalue weighted by Crippen LogP contribution is -2.46. The molecule has 1 saturated carbocycles. The number of hydrogen-bond acceptors (Lipinski definition) is 4. The largest absolute Gasteiger partial charge is 0.355 e. The molecule has 2 saturated heterocycles. The fraction of sp³-hybridized carbons (Fsp3) is 0.706. The fourth-order valence-corrected chi connectivity index (χ4v) is 3.77. The number of piperidine rings is 1. The molecule has 1 atom stereocenters. The van der Waals surface area contributed by atoms with Crippen LogP contribution in [0.5, 0.6) is 0 Å². The van der Waals surface area contributed by atoms with Crippen molar-refractivity contribution in [3.05, 3.63) is 17.8 Å². The van der Waals surface area contributed by atoms with E-state index in [0.717, 1.165) is 37.4 Å². The van der Waals surface area contributed by atoms with E-state index in [0.29, 0.717) is 18.9 Å². The minimum absolute atomic E-state index is 0.0960. The van der Waals surface area contributed by atoms with E-state index >= 15 is 0 Å². The van der Waals surface area contributed by atoms with Crippen molar-refractivity contribution >= 4 is 11.7 Å². The second-order valence-electron chi connectivity index (χ2n) is 7.08. The van der Waals surface area contributed by atoms with E-state index in [4.69, 9.17) is 0 Å². The number of amides is 1. The summed E-state index contributed by atoms with van der Waals surface area (Å²) >= 11 is 0. The van der Waals surface area contributed by atoms with Crippen LogP contribution in [0.2, 0.25) is 0 Å². The summed E-state index contributed by atoms with van der Waals surface area (Å²) in [7, 11) is 0. The number of rotatable bonds is 4. The number of aromatic nitrogens is 2. The van der Waals surface area contributed by atoms with Gasteiger partial charge in [0.05, 0.1) is 12.4 Å². The number of alkyl halides is 1.